The molecule has 3 heteroatoms. The molecule has 0 saturated carbocycles. The molecule has 0 aliphatic carbocycles. The van der Waals surface area contributed by atoms with Crippen LogP contribution in [0.1, 0.15) is 13.3 Å². The van der Waals surface area contributed by atoms with Crippen LogP contribution in [0.4, 0.5) is 0 Å². The van der Waals surface area contributed by atoms with Crippen LogP contribution < -0.4 is 11.5 Å². The van der Waals surface area contributed by atoms with Gasteiger partial charge in [-0.2, -0.15) is 0 Å². The Labute approximate surface area is 49.0 Å². The third-order valence-electron chi connectivity index (χ3n) is 1.09. The first-order chi connectivity index (χ1) is 3.68. The van der Waals surface area contributed by atoms with Crippen LogP contribution in [0.25, 0.3) is 0 Å². The van der Waals surface area contributed by atoms with Crippen molar-refractivity contribution in [3.05, 3.63) is 0 Å². The number of rotatable bonds is 3. The molecule has 0 saturated heterocycles. The first-order valence-electron chi connectivity index (χ1n) is 2.68. The first kappa shape index (κ1) is 7.43. The van der Waals surface area contributed by atoms with E-state index in [-0.39, 0.29) is 11.8 Å². The van der Waals surface area contributed by atoms with Crippen molar-refractivity contribution < 1.29 is 4.79 Å². The fraction of sp³-hybridized carbons (Fsp3) is 0.800. The molecule has 4 N–H and O–H groups in total. The molecule has 0 rings (SSSR count). The van der Waals surface area contributed by atoms with Crippen molar-refractivity contribution in [1.82, 2.24) is 0 Å². The summed E-state index contributed by atoms with van der Waals surface area (Å²) < 4.78 is 0. The maximum Gasteiger partial charge on any atom is 0.220 e. The molecule has 3 nitrogen and oxygen atoms in total. The summed E-state index contributed by atoms with van der Waals surface area (Å²) in [6.07, 6.45) is 0.690. The summed E-state index contributed by atoms with van der Waals surface area (Å²) in [5.41, 5.74) is 10.1. The molecular weight excluding hydrogens is 104 g/mol. The zero-order valence-electron chi connectivity index (χ0n) is 5.05. The zero-order valence-corrected chi connectivity index (χ0v) is 5.05. The Kier molecular flexibility index (Phi) is 3.19. The standard InChI is InChI=1S/C5H12N2O/c1-4(2-3-6)5(7)8/h4H,2-3,6H2,1H3,(H2,7,8)/t4-/m0/s1. The number of carbonyl (C=O) groups excluding carboxylic acids is 1. The van der Waals surface area contributed by atoms with Crippen LogP contribution in [0.3, 0.4) is 0 Å². The molecule has 0 aromatic heterocycles. The highest BCUT2D eigenvalue weighted by atomic mass is 16.1. The van der Waals surface area contributed by atoms with Crippen molar-refractivity contribution in [2.45, 2.75) is 13.3 Å². The lowest BCUT2D eigenvalue weighted by Gasteiger charge is -2.01. The van der Waals surface area contributed by atoms with Crippen LogP contribution in [-0.2, 0) is 4.79 Å². The van der Waals surface area contributed by atoms with E-state index in [0.29, 0.717) is 13.0 Å². The lowest BCUT2D eigenvalue weighted by Crippen LogP contribution is -2.22. The molecule has 0 bridgehead atoms. The lowest BCUT2D eigenvalue weighted by atomic mass is 10.1. The summed E-state index contributed by atoms with van der Waals surface area (Å²) in [7, 11) is 0. The quantitative estimate of drug-likeness (QED) is 0.519. The van der Waals surface area contributed by atoms with E-state index in [2.05, 4.69) is 0 Å². The number of primary amides is 1. The molecule has 0 aliphatic heterocycles. The van der Waals surface area contributed by atoms with Crippen LogP contribution in [0, 0.1) is 5.92 Å². The van der Waals surface area contributed by atoms with Crippen molar-refractivity contribution in [1.29, 1.82) is 0 Å². The number of hydrogen-bond donors (Lipinski definition) is 2. The second-order valence-electron chi connectivity index (χ2n) is 1.88. The van der Waals surface area contributed by atoms with E-state index >= 15 is 0 Å². The van der Waals surface area contributed by atoms with E-state index in [9.17, 15) is 4.79 Å². The Hall–Kier alpha value is -0.570. The van der Waals surface area contributed by atoms with E-state index < -0.39 is 0 Å². The van der Waals surface area contributed by atoms with Gasteiger partial charge in [0.2, 0.25) is 5.91 Å². The highest BCUT2D eigenvalue weighted by molar-refractivity contribution is 5.76. The van der Waals surface area contributed by atoms with Gasteiger partial charge in [0.05, 0.1) is 0 Å². The molecule has 0 spiro atoms. The maximum atomic E-state index is 10.3. The van der Waals surface area contributed by atoms with Gasteiger partial charge >= 0.3 is 0 Å². The van der Waals surface area contributed by atoms with Gasteiger partial charge in [0.1, 0.15) is 0 Å². The minimum atomic E-state index is -0.268. The Balaban J connectivity index is 3.32. The monoisotopic (exact) mass is 116 g/mol. The van der Waals surface area contributed by atoms with E-state index in [4.69, 9.17) is 11.5 Å². The van der Waals surface area contributed by atoms with Crippen LogP contribution in [0.5, 0.6) is 0 Å². The molecule has 48 valence electrons. The van der Waals surface area contributed by atoms with Crippen molar-refractivity contribution in [3.8, 4) is 0 Å². The van der Waals surface area contributed by atoms with Gasteiger partial charge in [-0.05, 0) is 13.0 Å². The van der Waals surface area contributed by atoms with Crippen LogP contribution >= 0.6 is 0 Å². The topological polar surface area (TPSA) is 69.1 Å². The van der Waals surface area contributed by atoms with Gasteiger partial charge in [0.25, 0.3) is 0 Å². The molecule has 0 heterocycles. The predicted molar refractivity (Wildman–Crippen MR) is 32.0 cm³/mol. The molecule has 0 aromatic carbocycles. The predicted octanol–water partition coefficient (Wildman–Crippen LogP) is -0.543. The second kappa shape index (κ2) is 3.43. The smallest absolute Gasteiger partial charge is 0.220 e. The summed E-state index contributed by atoms with van der Waals surface area (Å²) >= 11 is 0. The first-order valence-corrected chi connectivity index (χ1v) is 2.68. The van der Waals surface area contributed by atoms with Crippen molar-refractivity contribution in [3.63, 3.8) is 0 Å². The fourth-order valence-corrected chi connectivity index (χ4v) is 0.392. The fourth-order valence-electron chi connectivity index (χ4n) is 0.392. The van der Waals surface area contributed by atoms with Crippen LogP contribution in [0.2, 0.25) is 0 Å². The summed E-state index contributed by atoms with van der Waals surface area (Å²) in [5.74, 6) is -0.338. The van der Waals surface area contributed by atoms with Crippen LogP contribution in [0.15, 0.2) is 0 Å². The average molecular weight is 116 g/mol. The Morgan fingerprint density at radius 2 is 2.25 bits per heavy atom. The highest BCUT2D eigenvalue weighted by Gasteiger charge is 2.04. The van der Waals surface area contributed by atoms with Gasteiger partial charge in [0, 0.05) is 5.92 Å². The molecule has 0 aliphatic rings. The summed E-state index contributed by atoms with van der Waals surface area (Å²) in [4.78, 5) is 10.3. The van der Waals surface area contributed by atoms with Crippen molar-refractivity contribution in [2.75, 3.05) is 6.54 Å². The Morgan fingerprint density at radius 1 is 1.75 bits per heavy atom. The molecule has 0 fully saturated rings. The number of carbonyl (C=O) groups is 1. The van der Waals surface area contributed by atoms with Gasteiger partial charge in [-0.3, -0.25) is 4.79 Å². The van der Waals surface area contributed by atoms with Crippen molar-refractivity contribution >= 4 is 5.91 Å². The van der Waals surface area contributed by atoms with Gasteiger partial charge in [0.15, 0.2) is 0 Å². The third kappa shape index (κ3) is 2.58. The SMILES string of the molecule is C[C@@H](CCN)C(N)=O. The highest BCUT2D eigenvalue weighted by Crippen LogP contribution is 1.95. The molecule has 0 radical (unpaired) electrons. The molecule has 0 aromatic rings. The van der Waals surface area contributed by atoms with Gasteiger partial charge in [-0.25, -0.2) is 0 Å². The molecule has 8 heavy (non-hydrogen) atoms. The maximum absolute atomic E-state index is 10.3. The Morgan fingerprint density at radius 3 is 2.38 bits per heavy atom. The summed E-state index contributed by atoms with van der Waals surface area (Å²) in [6.45, 7) is 2.30. The minimum Gasteiger partial charge on any atom is -0.369 e. The third-order valence-corrected chi connectivity index (χ3v) is 1.09. The van der Waals surface area contributed by atoms with E-state index in [1.165, 1.54) is 0 Å². The molecular formula is C5H12N2O. The largest absolute Gasteiger partial charge is 0.369 e. The van der Waals surface area contributed by atoms with Gasteiger partial charge < -0.3 is 11.5 Å². The second-order valence-corrected chi connectivity index (χ2v) is 1.88. The molecule has 0 unspecified atom stereocenters. The minimum absolute atomic E-state index is 0.0694. The van der Waals surface area contributed by atoms with Gasteiger partial charge in [-0.1, -0.05) is 6.92 Å². The van der Waals surface area contributed by atoms with Gasteiger partial charge in [-0.15, -0.1) is 0 Å². The lowest BCUT2D eigenvalue weighted by molar-refractivity contribution is -0.121. The average Bonchev–Trinajstić information content (AvgIpc) is 1.67. The Bertz CT molecular complexity index is 82.5. The normalized spacial score (nSPS) is 13.2. The molecule has 1 amide bonds. The number of nitrogens with two attached hydrogens (primary N) is 2. The van der Waals surface area contributed by atoms with E-state index in [1.807, 2.05) is 0 Å². The van der Waals surface area contributed by atoms with Crippen molar-refractivity contribution in [2.24, 2.45) is 17.4 Å². The summed E-state index contributed by atoms with van der Waals surface area (Å²) in [6, 6.07) is 0. The number of amides is 1. The molecule has 1 atom stereocenters. The zero-order chi connectivity index (χ0) is 6.57. The van der Waals surface area contributed by atoms with E-state index in [1.54, 1.807) is 6.92 Å². The van der Waals surface area contributed by atoms with E-state index in [0.717, 1.165) is 0 Å². The van der Waals surface area contributed by atoms with Crippen LogP contribution in [-0.4, -0.2) is 12.5 Å². The summed E-state index contributed by atoms with van der Waals surface area (Å²) in [5, 5.41) is 0. The number of hydrogen-bond acceptors (Lipinski definition) is 2.